The third kappa shape index (κ3) is 4.17. The topological polar surface area (TPSA) is 88.4 Å². The normalized spacial score (nSPS) is 14.9. The number of carbonyl (C=O) groups excluding carboxylic acids is 1. The number of carbonyl (C=O) groups is 1. The Hall–Kier alpha value is -2.96. The second-order valence-electron chi connectivity index (χ2n) is 6.60. The van der Waals surface area contributed by atoms with Gasteiger partial charge in [-0.1, -0.05) is 6.07 Å². The van der Waals surface area contributed by atoms with Gasteiger partial charge in [0.25, 0.3) is 11.6 Å². The first kappa shape index (κ1) is 17.8. The Bertz CT molecular complexity index is 787. The van der Waals surface area contributed by atoms with E-state index in [1.54, 1.807) is 31.5 Å². The molecular formula is C19H22N4O3. The van der Waals surface area contributed by atoms with Crippen LogP contribution in [-0.2, 0) is 0 Å². The molecule has 0 radical (unpaired) electrons. The molecule has 0 saturated carbocycles. The fourth-order valence-corrected chi connectivity index (χ4v) is 3.24. The van der Waals surface area contributed by atoms with Gasteiger partial charge in [0, 0.05) is 54.9 Å². The number of amides is 1. The number of nitrogens with zero attached hydrogens (tertiary/aromatic N) is 3. The van der Waals surface area contributed by atoms with Crippen molar-refractivity contribution >= 4 is 17.3 Å². The number of nitro groups is 1. The van der Waals surface area contributed by atoms with Crippen molar-refractivity contribution in [2.24, 2.45) is 5.92 Å². The second kappa shape index (κ2) is 7.95. The quantitative estimate of drug-likeness (QED) is 0.659. The van der Waals surface area contributed by atoms with E-state index in [9.17, 15) is 14.9 Å². The van der Waals surface area contributed by atoms with Crippen molar-refractivity contribution in [1.82, 2.24) is 10.3 Å². The van der Waals surface area contributed by atoms with Crippen LogP contribution in [0.4, 0.5) is 11.4 Å². The van der Waals surface area contributed by atoms with Gasteiger partial charge < -0.3 is 10.2 Å². The zero-order valence-electron chi connectivity index (χ0n) is 14.7. The standard InChI is InChI=1S/C19H22N4O3/c1-14-2-3-16(12-18(14)23(25)26)19(24)21-13-15-6-10-22(11-7-15)17-4-8-20-9-5-17/h2-5,8-9,12,15H,6-7,10-11,13H2,1H3,(H,21,24). The molecule has 3 rings (SSSR count). The molecular weight excluding hydrogens is 332 g/mol. The first-order valence-corrected chi connectivity index (χ1v) is 8.73. The number of pyridine rings is 1. The lowest BCUT2D eigenvalue weighted by Crippen LogP contribution is -2.38. The number of nitrogens with one attached hydrogen (secondary N) is 1. The van der Waals surface area contributed by atoms with Gasteiger partial charge in [-0.2, -0.15) is 0 Å². The van der Waals surface area contributed by atoms with E-state index in [4.69, 9.17) is 0 Å². The summed E-state index contributed by atoms with van der Waals surface area (Å²) in [6.45, 7) is 4.14. The molecule has 0 spiro atoms. The van der Waals surface area contributed by atoms with Crippen LogP contribution in [0, 0.1) is 23.0 Å². The van der Waals surface area contributed by atoms with Crippen LogP contribution < -0.4 is 10.2 Å². The van der Waals surface area contributed by atoms with Gasteiger partial charge >= 0.3 is 0 Å². The molecule has 0 unspecified atom stereocenters. The molecule has 1 aromatic carbocycles. The average Bonchev–Trinajstić information content (AvgIpc) is 2.67. The molecule has 1 aromatic heterocycles. The minimum Gasteiger partial charge on any atom is -0.371 e. The van der Waals surface area contributed by atoms with Crippen LogP contribution in [0.5, 0.6) is 0 Å². The van der Waals surface area contributed by atoms with Crippen LogP contribution in [0.3, 0.4) is 0 Å². The van der Waals surface area contributed by atoms with Crippen molar-refractivity contribution in [3.63, 3.8) is 0 Å². The Morgan fingerprint density at radius 1 is 1.27 bits per heavy atom. The third-order valence-corrected chi connectivity index (χ3v) is 4.86. The van der Waals surface area contributed by atoms with E-state index in [1.165, 1.54) is 11.8 Å². The maximum atomic E-state index is 12.3. The van der Waals surface area contributed by atoms with Gasteiger partial charge in [-0.15, -0.1) is 0 Å². The van der Waals surface area contributed by atoms with E-state index in [1.807, 2.05) is 12.1 Å². The minimum absolute atomic E-state index is 0.0247. The van der Waals surface area contributed by atoms with Crippen molar-refractivity contribution in [3.05, 3.63) is 64.0 Å². The smallest absolute Gasteiger partial charge is 0.273 e. The molecule has 0 bridgehead atoms. The van der Waals surface area contributed by atoms with E-state index >= 15 is 0 Å². The van der Waals surface area contributed by atoms with Crippen LogP contribution in [0.1, 0.15) is 28.8 Å². The van der Waals surface area contributed by atoms with Crippen LogP contribution in [-0.4, -0.2) is 35.4 Å². The molecule has 1 fully saturated rings. The molecule has 2 heterocycles. The highest BCUT2D eigenvalue weighted by Crippen LogP contribution is 2.23. The maximum absolute atomic E-state index is 12.3. The van der Waals surface area contributed by atoms with Crippen LogP contribution in [0.15, 0.2) is 42.7 Å². The lowest BCUT2D eigenvalue weighted by Gasteiger charge is -2.33. The Balaban J connectivity index is 1.51. The van der Waals surface area contributed by atoms with Crippen LogP contribution >= 0.6 is 0 Å². The summed E-state index contributed by atoms with van der Waals surface area (Å²) in [7, 11) is 0. The predicted octanol–water partition coefficient (Wildman–Crippen LogP) is 2.94. The zero-order chi connectivity index (χ0) is 18.5. The summed E-state index contributed by atoms with van der Waals surface area (Å²) < 4.78 is 0. The predicted molar refractivity (Wildman–Crippen MR) is 99.3 cm³/mol. The highest BCUT2D eigenvalue weighted by atomic mass is 16.6. The number of aromatic nitrogens is 1. The number of piperidine rings is 1. The fourth-order valence-electron chi connectivity index (χ4n) is 3.24. The zero-order valence-corrected chi connectivity index (χ0v) is 14.7. The van der Waals surface area contributed by atoms with E-state index < -0.39 is 4.92 Å². The third-order valence-electron chi connectivity index (χ3n) is 4.86. The molecule has 1 aliphatic heterocycles. The van der Waals surface area contributed by atoms with Crippen molar-refractivity contribution < 1.29 is 9.72 Å². The van der Waals surface area contributed by atoms with Crippen molar-refractivity contribution in [1.29, 1.82) is 0 Å². The molecule has 7 nitrogen and oxygen atoms in total. The van der Waals surface area contributed by atoms with Gasteiger partial charge in [0.15, 0.2) is 0 Å². The van der Waals surface area contributed by atoms with Crippen molar-refractivity contribution in [3.8, 4) is 0 Å². The van der Waals surface area contributed by atoms with E-state index in [2.05, 4.69) is 15.2 Å². The lowest BCUT2D eigenvalue weighted by atomic mass is 9.96. The monoisotopic (exact) mass is 354 g/mol. The molecule has 1 aliphatic rings. The van der Waals surface area contributed by atoms with Gasteiger partial charge in [-0.05, 0) is 43.9 Å². The minimum atomic E-state index is -0.457. The van der Waals surface area contributed by atoms with Gasteiger partial charge in [-0.25, -0.2) is 0 Å². The number of benzene rings is 1. The largest absolute Gasteiger partial charge is 0.371 e. The van der Waals surface area contributed by atoms with Crippen molar-refractivity contribution in [2.75, 3.05) is 24.5 Å². The number of hydrogen-bond acceptors (Lipinski definition) is 5. The van der Waals surface area contributed by atoms with Gasteiger partial charge in [0.1, 0.15) is 0 Å². The fraction of sp³-hybridized carbons (Fsp3) is 0.368. The van der Waals surface area contributed by atoms with E-state index in [0.717, 1.165) is 25.9 Å². The summed E-state index contributed by atoms with van der Waals surface area (Å²) in [4.78, 5) is 29.2. The molecule has 136 valence electrons. The van der Waals surface area contributed by atoms with E-state index in [-0.39, 0.29) is 11.6 Å². The summed E-state index contributed by atoms with van der Waals surface area (Å²) in [5, 5.41) is 13.9. The Labute approximate surface area is 152 Å². The summed E-state index contributed by atoms with van der Waals surface area (Å²) in [5.74, 6) is 0.155. The lowest BCUT2D eigenvalue weighted by molar-refractivity contribution is -0.385. The van der Waals surface area contributed by atoms with Gasteiger partial charge in [0.2, 0.25) is 0 Å². The first-order valence-electron chi connectivity index (χ1n) is 8.73. The second-order valence-corrected chi connectivity index (χ2v) is 6.60. The Morgan fingerprint density at radius 2 is 1.96 bits per heavy atom. The molecule has 0 atom stereocenters. The molecule has 7 heteroatoms. The summed E-state index contributed by atoms with van der Waals surface area (Å²) >= 11 is 0. The van der Waals surface area contributed by atoms with Crippen molar-refractivity contribution in [2.45, 2.75) is 19.8 Å². The maximum Gasteiger partial charge on any atom is 0.273 e. The Morgan fingerprint density at radius 3 is 2.62 bits per heavy atom. The average molecular weight is 354 g/mol. The summed E-state index contributed by atoms with van der Waals surface area (Å²) in [6, 6.07) is 8.60. The summed E-state index contributed by atoms with van der Waals surface area (Å²) in [6.07, 6.45) is 5.58. The van der Waals surface area contributed by atoms with E-state index in [0.29, 0.717) is 23.6 Å². The molecule has 2 aromatic rings. The molecule has 1 saturated heterocycles. The molecule has 1 amide bonds. The number of aryl methyl sites for hydroxylation is 1. The van der Waals surface area contributed by atoms with Crippen LogP contribution in [0.2, 0.25) is 0 Å². The number of anilines is 1. The first-order chi connectivity index (χ1) is 12.5. The SMILES string of the molecule is Cc1ccc(C(=O)NCC2CCN(c3ccncc3)CC2)cc1[N+](=O)[O-]. The molecule has 26 heavy (non-hydrogen) atoms. The number of hydrogen-bond donors (Lipinski definition) is 1. The van der Waals surface area contributed by atoms with Gasteiger partial charge in [-0.3, -0.25) is 19.9 Å². The highest BCUT2D eigenvalue weighted by Gasteiger charge is 2.21. The molecule has 1 N–H and O–H groups in total. The van der Waals surface area contributed by atoms with Gasteiger partial charge in [0.05, 0.1) is 4.92 Å². The Kier molecular flexibility index (Phi) is 5.46. The number of rotatable bonds is 5. The van der Waals surface area contributed by atoms with Crippen LogP contribution in [0.25, 0.3) is 0 Å². The highest BCUT2D eigenvalue weighted by molar-refractivity contribution is 5.95. The molecule has 0 aliphatic carbocycles. The summed E-state index contributed by atoms with van der Waals surface area (Å²) in [5.41, 5.74) is 2.03. The number of nitro benzene ring substituents is 1.